The molecule has 34 heavy (non-hydrogen) atoms. The topological polar surface area (TPSA) is 97.2 Å². The first-order valence-corrected chi connectivity index (χ1v) is 11.2. The van der Waals surface area contributed by atoms with Crippen molar-refractivity contribution in [2.24, 2.45) is 0 Å². The first-order valence-electron chi connectivity index (χ1n) is 11.2. The number of carbonyl (C=O) groups excluding carboxylic acids is 1. The average Bonchev–Trinajstić information content (AvgIpc) is 3.45. The summed E-state index contributed by atoms with van der Waals surface area (Å²) in [6, 6.07) is 12.0. The number of anilines is 1. The van der Waals surface area contributed by atoms with Gasteiger partial charge in [0.05, 0.1) is 18.4 Å². The van der Waals surface area contributed by atoms with Crippen LogP contribution in [0.5, 0.6) is 5.75 Å². The van der Waals surface area contributed by atoms with Gasteiger partial charge in [0.1, 0.15) is 29.0 Å². The van der Waals surface area contributed by atoms with Crippen molar-refractivity contribution >= 4 is 17.1 Å². The highest BCUT2D eigenvalue weighted by Gasteiger charge is 2.21. The molecule has 0 spiro atoms. The summed E-state index contributed by atoms with van der Waals surface area (Å²) in [5, 5.41) is 21.3. The van der Waals surface area contributed by atoms with Crippen molar-refractivity contribution in [3.05, 3.63) is 78.9 Å². The van der Waals surface area contributed by atoms with Gasteiger partial charge in [0, 0.05) is 29.2 Å². The van der Waals surface area contributed by atoms with Crippen LogP contribution in [0.4, 0.5) is 5.69 Å². The Kier molecular flexibility index (Phi) is 5.60. The molecular weight excluding hydrogens is 428 g/mol. The SMILES string of the molecule is C=CC(=O)Nc1cccc([C@@H](C)Oc2cc(-c3cnn(C4CCC4)c3)cn3ncc(C#N)c23)c1. The summed E-state index contributed by atoms with van der Waals surface area (Å²) in [6.07, 6.45) is 11.8. The lowest BCUT2D eigenvalue weighted by Gasteiger charge is -2.25. The van der Waals surface area contributed by atoms with Crippen LogP contribution >= 0.6 is 0 Å². The smallest absolute Gasteiger partial charge is 0.247 e. The number of hydrogen-bond donors (Lipinski definition) is 1. The minimum atomic E-state index is -0.348. The Labute approximate surface area is 197 Å². The molecule has 5 rings (SSSR count). The van der Waals surface area contributed by atoms with E-state index in [0.717, 1.165) is 29.5 Å². The van der Waals surface area contributed by atoms with Gasteiger partial charge in [0.15, 0.2) is 0 Å². The van der Waals surface area contributed by atoms with Gasteiger partial charge >= 0.3 is 0 Å². The zero-order valence-electron chi connectivity index (χ0n) is 18.8. The van der Waals surface area contributed by atoms with E-state index in [0.29, 0.717) is 28.6 Å². The number of benzene rings is 1. The minimum absolute atomic E-state index is 0.277. The van der Waals surface area contributed by atoms with Crippen molar-refractivity contribution in [3.63, 3.8) is 0 Å². The maximum absolute atomic E-state index is 11.7. The first kappa shape index (κ1) is 21.5. The number of carbonyl (C=O) groups is 1. The number of amides is 1. The van der Waals surface area contributed by atoms with Crippen molar-refractivity contribution in [1.82, 2.24) is 19.4 Å². The molecule has 0 bridgehead atoms. The second-order valence-electron chi connectivity index (χ2n) is 8.43. The molecule has 1 atom stereocenters. The summed E-state index contributed by atoms with van der Waals surface area (Å²) in [4.78, 5) is 11.7. The molecule has 170 valence electrons. The molecule has 8 heteroatoms. The highest BCUT2D eigenvalue weighted by atomic mass is 16.5. The fourth-order valence-electron chi connectivity index (χ4n) is 4.07. The number of pyridine rings is 1. The standard InChI is InChI=1S/C26H24N6O2/c1-3-25(33)30-22-7-4-6-18(10-22)17(2)34-24-11-19(15-32-26(24)20(12-27)13-29-32)21-14-28-31(16-21)23-8-5-9-23/h3-4,6-7,10-11,13-17,23H,1,5,8-9H2,2H3,(H,30,33)/t17-/m1/s1. The lowest BCUT2D eigenvalue weighted by atomic mass is 9.93. The zero-order valence-corrected chi connectivity index (χ0v) is 18.8. The Morgan fingerprint density at radius 1 is 1.26 bits per heavy atom. The summed E-state index contributed by atoms with van der Waals surface area (Å²) >= 11 is 0. The predicted octanol–water partition coefficient (Wildman–Crippen LogP) is 5.06. The second kappa shape index (κ2) is 8.87. The molecule has 0 radical (unpaired) electrons. The fraction of sp³-hybridized carbons (Fsp3) is 0.231. The third-order valence-electron chi connectivity index (χ3n) is 6.19. The molecule has 1 aliphatic carbocycles. The van der Waals surface area contributed by atoms with Gasteiger partial charge in [-0.15, -0.1) is 0 Å². The molecule has 3 aromatic heterocycles. The summed E-state index contributed by atoms with van der Waals surface area (Å²) in [5.74, 6) is 0.275. The van der Waals surface area contributed by atoms with Gasteiger partial charge < -0.3 is 10.1 Å². The van der Waals surface area contributed by atoms with Gasteiger partial charge in [0.25, 0.3) is 0 Å². The Balaban J connectivity index is 1.49. The van der Waals surface area contributed by atoms with Crippen LogP contribution in [0.25, 0.3) is 16.6 Å². The number of fused-ring (bicyclic) bond motifs is 1. The maximum Gasteiger partial charge on any atom is 0.247 e. The molecule has 4 aromatic rings. The van der Waals surface area contributed by atoms with E-state index in [9.17, 15) is 10.1 Å². The molecule has 1 saturated carbocycles. The number of nitrogens with zero attached hydrogens (tertiary/aromatic N) is 5. The zero-order chi connectivity index (χ0) is 23.7. The van der Waals surface area contributed by atoms with Crippen LogP contribution in [0.15, 0.2) is 67.8 Å². The van der Waals surface area contributed by atoms with Crippen LogP contribution in [0.1, 0.15) is 49.5 Å². The third-order valence-corrected chi connectivity index (χ3v) is 6.19. The molecule has 1 aromatic carbocycles. The number of hydrogen-bond acceptors (Lipinski definition) is 5. The van der Waals surface area contributed by atoms with E-state index in [-0.39, 0.29) is 12.0 Å². The fourth-order valence-corrected chi connectivity index (χ4v) is 4.07. The van der Waals surface area contributed by atoms with Crippen molar-refractivity contribution in [2.45, 2.75) is 38.3 Å². The number of ether oxygens (including phenoxy) is 1. The monoisotopic (exact) mass is 452 g/mol. The summed E-state index contributed by atoms with van der Waals surface area (Å²) in [6.45, 7) is 5.41. The molecule has 3 heterocycles. The van der Waals surface area contributed by atoms with Crippen LogP contribution in [0.3, 0.4) is 0 Å². The van der Waals surface area contributed by atoms with Gasteiger partial charge in [-0.05, 0) is 56.0 Å². The van der Waals surface area contributed by atoms with Gasteiger partial charge in [-0.1, -0.05) is 18.7 Å². The Morgan fingerprint density at radius 3 is 2.85 bits per heavy atom. The highest BCUT2D eigenvalue weighted by molar-refractivity contribution is 5.98. The Bertz CT molecular complexity index is 1420. The maximum atomic E-state index is 11.7. The number of aromatic nitrogens is 4. The van der Waals surface area contributed by atoms with Crippen LogP contribution in [-0.2, 0) is 4.79 Å². The molecule has 1 aliphatic rings. The van der Waals surface area contributed by atoms with Crippen LogP contribution < -0.4 is 10.1 Å². The van der Waals surface area contributed by atoms with E-state index in [1.807, 2.05) is 48.3 Å². The summed E-state index contributed by atoms with van der Waals surface area (Å²) < 4.78 is 10.1. The second-order valence-corrected chi connectivity index (χ2v) is 8.43. The molecule has 0 saturated heterocycles. The lowest BCUT2D eigenvalue weighted by Crippen LogP contribution is -2.16. The molecule has 1 fully saturated rings. The van der Waals surface area contributed by atoms with Gasteiger partial charge in [-0.3, -0.25) is 9.48 Å². The van der Waals surface area contributed by atoms with E-state index in [4.69, 9.17) is 4.74 Å². The highest BCUT2D eigenvalue weighted by Crippen LogP contribution is 2.35. The van der Waals surface area contributed by atoms with Gasteiger partial charge in [-0.25, -0.2) is 4.52 Å². The summed E-state index contributed by atoms with van der Waals surface area (Å²) in [7, 11) is 0. The van der Waals surface area contributed by atoms with Gasteiger partial charge in [-0.2, -0.15) is 15.5 Å². The molecular formula is C26H24N6O2. The molecule has 0 unspecified atom stereocenters. The third kappa shape index (κ3) is 4.04. The van der Waals surface area contributed by atoms with E-state index >= 15 is 0 Å². The molecule has 1 N–H and O–H groups in total. The van der Waals surface area contributed by atoms with Crippen molar-refractivity contribution < 1.29 is 9.53 Å². The van der Waals surface area contributed by atoms with E-state index < -0.39 is 0 Å². The van der Waals surface area contributed by atoms with Crippen molar-refractivity contribution in [2.75, 3.05) is 5.32 Å². The van der Waals surface area contributed by atoms with Crippen LogP contribution in [-0.4, -0.2) is 25.3 Å². The van der Waals surface area contributed by atoms with Crippen LogP contribution in [0.2, 0.25) is 0 Å². The molecule has 1 amide bonds. The number of rotatable bonds is 7. The summed E-state index contributed by atoms with van der Waals surface area (Å²) in [5.41, 5.74) is 4.45. The lowest BCUT2D eigenvalue weighted by molar-refractivity contribution is -0.111. The predicted molar refractivity (Wildman–Crippen MR) is 128 cm³/mol. The molecule has 0 aliphatic heterocycles. The first-order chi connectivity index (χ1) is 16.6. The van der Waals surface area contributed by atoms with Crippen molar-refractivity contribution in [3.8, 4) is 22.9 Å². The average molecular weight is 453 g/mol. The van der Waals surface area contributed by atoms with E-state index in [2.05, 4.69) is 34.4 Å². The number of nitrogens with one attached hydrogen (secondary N) is 1. The molecule has 8 nitrogen and oxygen atoms in total. The van der Waals surface area contributed by atoms with E-state index in [1.165, 1.54) is 12.5 Å². The Morgan fingerprint density at radius 2 is 2.12 bits per heavy atom. The van der Waals surface area contributed by atoms with Gasteiger partial charge in [0.2, 0.25) is 5.91 Å². The minimum Gasteiger partial charge on any atom is -0.484 e. The van der Waals surface area contributed by atoms with E-state index in [1.54, 1.807) is 16.8 Å². The van der Waals surface area contributed by atoms with Crippen molar-refractivity contribution in [1.29, 1.82) is 5.26 Å². The largest absolute Gasteiger partial charge is 0.484 e. The number of nitriles is 1. The quantitative estimate of drug-likeness (QED) is 0.395. The van der Waals surface area contributed by atoms with Crippen LogP contribution in [0, 0.1) is 11.3 Å². The normalized spacial score (nSPS) is 14.2. The Hall–Kier alpha value is -4.38.